The Morgan fingerprint density at radius 2 is 1.09 bits per heavy atom. The zero-order chi connectivity index (χ0) is 31.2. The van der Waals surface area contributed by atoms with Gasteiger partial charge in [-0.2, -0.15) is 0 Å². The van der Waals surface area contributed by atoms with E-state index in [-0.39, 0.29) is 6.17 Å². The first-order chi connectivity index (χ1) is 23.3. The van der Waals surface area contributed by atoms with Crippen LogP contribution in [0.2, 0.25) is 0 Å². The first-order valence-electron chi connectivity index (χ1n) is 15.9. The molecule has 2 heterocycles. The zero-order valence-corrected chi connectivity index (χ0v) is 25.5. The average molecular weight is 604 g/mol. The van der Waals surface area contributed by atoms with Crippen LogP contribution in [-0.4, -0.2) is 11.7 Å². The molecule has 222 valence electrons. The Balaban J connectivity index is 1.21. The minimum atomic E-state index is -0.323. The van der Waals surface area contributed by atoms with Crippen LogP contribution in [0.1, 0.15) is 22.9 Å². The van der Waals surface area contributed by atoms with E-state index in [2.05, 4.69) is 127 Å². The summed E-state index contributed by atoms with van der Waals surface area (Å²) in [6, 6.07) is 56.8. The van der Waals surface area contributed by atoms with Crippen molar-refractivity contribution in [3.8, 4) is 22.3 Å². The maximum absolute atomic E-state index is 6.60. The summed E-state index contributed by atoms with van der Waals surface area (Å²) >= 11 is 0. The molecule has 4 nitrogen and oxygen atoms in total. The molecule has 0 bridgehead atoms. The molecule has 1 aliphatic rings. The van der Waals surface area contributed by atoms with Crippen LogP contribution >= 0.6 is 0 Å². The molecule has 1 N–H and O–H groups in total. The normalized spacial score (nSPS) is 14.6. The van der Waals surface area contributed by atoms with E-state index >= 15 is 0 Å². The van der Waals surface area contributed by atoms with Crippen molar-refractivity contribution < 1.29 is 4.42 Å². The van der Waals surface area contributed by atoms with Crippen molar-refractivity contribution in [2.45, 2.75) is 6.17 Å². The lowest BCUT2D eigenvalue weighted by atomic mass is 9.91. The molecular formula is C43H29N3O. The molecule has 4 heteroatoms. The summed E-state index contributed by atoms with van der Waals surface area (Å²) in [5.41, 5.74) is 9.43. The topological polar surface area (TPSA) is 49.9 Å². The Hall–Kier alpha value is -6.26. The monoisotopic (exact) mass is 603 g/mol. The van der Waals surface area contributed by atoms with Crippen LogP contribution in [0.4, 0.5) is 0 Å². The van der Waals surface area contributed by atoms with Crippen molar-refractivity contribution >= 4 is 44.4 Å². The molecule has 9 rings (SSSR count). The third-order valence-electron chi connectivity index (χ3n) is 8.97. The van der Waals surface area contributed by atoms with E-state index in [9.17, 15) is 0 Å². The van der Waals surface area contributed by atoms with Crippen LogP contribution < -0.4 is 5.32 Å². The zero-order valence-electron chi connectivity index (χ0n) is 25.5. The second kappa shape index (κ2) is 11.3. The summed E-state index contributed by atoms with van der Waals surface area (Å²) in [5, 5.41) is 8.19. The second-order valence-electron chi connectivity index (χ2n) is 11.8. The van der Waals surface area contributed by atoms with Crippen LogP contribution in [0.25, 0.3) is 55.0 Å². The molecule has 8 aromatic rings. The van der Waals surface area contributed by atoms with Gasteiger partial charge in [0.15, 0.2) is 5.84 Å². The fourth-order valence-corrected chi connectivity index (χ4v) is 6.78. The fourth-order valence-electron chi connectivity index (χ4n) is 6.78. The first kappa shape index (κ1) is 27.1. The van der Waals surface area contributed by atoms with Gasteiger partial charge in [-0.15, -0.1) is 0 Å². The van der Waals surface area contributed by atoms with E-state index in [4.69, 9.17) is 14.4 Å². The Morgan fingerprint density at radius 1 is 0.468 bits per heavy atom. The van der Waals surface area contributed by atoms with Gasteiger partial charge in [0.2, 0.25) is 0 Å². The van der Waals surface area contributed by atoms with E-state index in [1.807, 2.05) is 42.5 Å². The number of aliphatic imine (C=N–C) groups is 2. The Bertz CT molecular complexity index is 2480. The molecule has 1 aromatic heterocycles. The summed E-state index contributed by atoms with van der Waals surface area (Å²) < 4.78 is 6.60. The molecule has 0 radical (unpaired) electrons. The number of nitrogens with one attached hydrogen (secondary N) is 1. The number of nitrogens with zero attached hydrogens (tertiary/aromatic N) is 2. The molecule has 0 amide bonds. The summed E-state index contributed by atoms with van der Waals surface area (Å²) in [6.45, 7) is 0. The molecule has 1 aliphatic heterocycles. The largest absolute Gasteiger partial charge is 0.455 e. The van der Waals surface area contributed by atoms with Crippen molar-refractivity contribution in [1.29, 1.82) is 0 Å². The third-order valence-corrected chi connectivity index (χ3v) is 8.97. The Kier molecular flexibility index (Phi) is 6.50. The third kappa shape index (κ3) is 4.70. The molecule has 0 saturated heterocycles. The molecule has 7 aromatic carbocycles. The van der Waals surface area contributed by atoms with Crippen molar-refractivity contribution in [2.24, 2.45) is 9.98 Å². The van der Waals surface area contributed by atoms with Gasteiger partial charge in [0.05, 0.1) is 0 Å². The summed E-state index contributed by atoms with van der Waals surface area (Å²) in [5.74, 6) is 1.52. The van der Waals surface area contributed by atoms with E-state index in [0.29, 0.717) is 5.84 Å². The number of hydrogen-bond donors (Lipinski definition) is 1. The summed E-state index contributed by atoms with van der Waals surface area (Å²) in [4.78, 5) is 10.1. The van der Waals surface area contributed by atoms with Crippen molar-refractivity contribution in [2.75, 3.05) is 0 Å². The molecule has 0 aliphatic carbocycles. The molecular weight excluding hydrogens is 574 g/mol. The van der Waals surface area contributed by atoms with Crippen LogP contribution in [0.5, 0.6) is 0 Å². The molecule has 0 saturated carbocycles. The van der Waals surface area contributed by atoms with Gasteiger partial charge in [0.25, 0.3) is 0 Å². The average Bonchev–Trinajstić information content (AvgIpc) is 3.55. The highest BCUT2D eigenvalue weighted by atomic mass is 16.3. The van der Waals surface area contributed by atoms with E-state index < -0.39 is 0 Å². The van der Waals surface area contributed by atoms with Gasteiger partial charge in [-0.25, -0.2) is 9.98 Å². The van der Waals surface area contributed by atoms with Crippen molar-refractivity contribution in [3.63, 3.8) is 0 Å². The predicted molar refractivity (Wildman–Crippen MR) is 194 cm³/mol. The van der Waals surface area contributed by atoms with Crippen molar-refractivity contribution in [1.82, 2.24) is 5.32 Å². The standard InChI is InChI=1S/C43H29N3O/c1-4-14-28(15-5-1)31-22-12-24-37-39-35(23-13-25-38(39)47-40(31)37)34-26-27-36(33-21-11-10-20-32(33)34)43-45-41(29-16-6-2-7-17-29)44-42(46-43)30-18-8-3-9-19-30/h1-27,43H,(H,44,45,46). The van der Waals surface area contributed by atoms with E-state index in [1.54, 1.807) is 0 Å². The quantitative estimate of drug-likeness (QED) is 0.213. The van der Waals surface area contributed by atoms with Gasteiger partial charge in [-0.05, 0) is 33.5 Å². The maximum atomic E-state index is 6.60. The SMILES string of the molecule is c1ccc(C2=NC(c3ccc(-c4cccc5oc6c(-c7ccccc7)cccc6c45)c4ccccc34)NC(c3ccccc3)=N2)cc1. The number of rotatable bonds is 5. The first-order valence-corrected chi connectivity index (χ1v) is 15.9. The van der Waals surface area contributed by atoms with Gasteiger partial charge in [-0.1, -0.05) is 158 Å². The Morgan fingerprint density at radius 3 is 1.85 bits per heavy atom. The highest BCUT2D eigenvalue weighted by molar-refractivity contribution is 6.18. The van der Waals surface area contributed by atoms with Gasteiger partial charge in [-0.3, -0.25) is 0 Å². The van der Waals surface area contributed by atoms with Crippen LogP contribution in [0, 0.1) is 0 Å². The fraction of sp³-hybridized carbons (Fsp3) is 0.0233. The molecule has 47 heavy (non-hydrogen) atoms. The van der Waals surface area contributed by atoms with Crippen LogP contribution in [0.3, 0.4) is 0 Å². The van der Waals surface area contributed by atoms with Crippen LogP contribution in [-0.2, 0) is 0 Å². The highest BCUT2D eigenvalue weighted by Gasteiger charge is 2.24. The number of amidine groups is 2. The maximum Gasteiger partial charge on any atom is 0.159 e. The Labute approximate surface area is 272 Å². The van der Waals surface area contributed by atoms with Gasteiger partial charge < -0.3 is 9.73 Å². The number of hydrogen-bond acceptors (Lipinski definition) is 4. The van der Waals surface area contributed by atoms with E-state index in [1.165, 1.54) is 0 Å². The molecule has 1 atom stereocenters. The lowest BCUT2D eigenvalue weighted by Gasteiger charge is -2.25. The number of fused-ring (bicyclic) bond motifs is 4. The summed E-state index contributed by atoms with van der Waals surface area (Å²) in [7, 11) is 0. The second-order valence-corrected chi connectivity index (χ2v) is 11.8. The van der Waals surface area contributed by atoms with Crippen molar-refractivity contribution in [3.05, 3.63) is 180 Å². The van der Waals surface area contributed by atoms with Gasteiger partial charge in [0.1, 0.15) is 23.2 Å². The number of benzene rings is 7. The molecule has 1 unspecified atom stereocenters. The van der Waals surface area contributed by atoms with Gasteiger partial charge in [0, 0.05) is 33.0 Å². The van der Waals surface area contributed by atoms with E-state index in [0.717, 1.165) is 77.5 Å². The summed E-state index contributed by atoms with van der Waals surface area (Å²) in [6.07, 6.45) is -0.323. The minimum Gasteiger partial charge on any atom is -0.455 e. The van der Waals surface area contributed by atoms with Crippen LogP contribution in [0.15, 0.2) is 178 Å². The predicted octanol–water partition coefficient (Wildman–Crippen LogP) is 10.6. The minimum absolute atomic E-state index is 0.323. The lowest BCUT2D eigenvalue weighted by molar-refractivity contribution is 0.670. The molecule has 0 fully saturated rings. The highest BCUT2D eigenvalue weighted by Crippen LogP contribution is 2.43. The number of furan rings is 1. The van der Waals surface area contributed by atoms with Gasteiger partial charge >= 0.3 is 0 Å². The lowest BCUT2D eigenvalue weighted by Crippen LogP contribution is -2.33. The number of para-hydroxylation sites is 1. The smallest absolute Gasteiger partial charge is 0.159 e. The molecule has 0 spiro atoms.